The summed E-state index contributed by atoms with van der Waals surface area (Å²) >= 11 is 7.03. The lowest BCUT2D eigenvalue weighted by Gasteiger charge is -2.10. The highest BCUT2D eigenvalue weighted by molar-refractivity contribution is 9.11. The predicted molar refractivity (Wildman–Crippen MR) is 73.4 cm³/mol. The Bertz CT molecular complexity index is 451. The third-order valence-corrected chi connectivity index (χ3v) is 3.50. The van der Waals surface area contributed by atoms with Crippen LogP contribution in [-0.2, 0) is 6.54 Å². The van der Waals surface area contributed by atoms with E-state index in [1.165, 1.54) is 5.56 Å². The minimum atomic E-state index is 0.781. The maximum Gasteiger partial charge on any atom is 0.0631 e. The summed E-state index contributed by atoms with van der Waals surface area (Å²) in [6, 6.07) is 10.0. The van der Waals surface area contributed by atoms with E-state index < -0.39 is 0 Å². The second-order valence-electron chi connectivity index (χ2n) is 3.31. The minimum absolute atomic E-state index is 0.781. The van der Waals surface area contributed by atoms with E-state index in [1.54, 1.807) is 12.4 Å². The maximum atomic E-state index is 3.99. The summed E-state index contributed by atoms with van der Waals surface area (Å²) in [6.07, 6.45) is 3.60. The number of benzene rings is 1. The molecule has 0 saturated heterocycles. The van der Waals surface area contributed by atoms with Crippen molar-refractivity contribution in [3.63, 3.8) is 0 Å². The van der Waals surface area contributed by atoms with Crippen molar-refractivity contribution in [1.29, 1.82) is 0 Å². The van der Waals surface area contributed by atoms with E-state index in [1.807, 2.05) is 30.3 Å². The summed E-state index contributed by atoms with van der Waals surface area (Å²) in [7, 11) is 0. The molecule has 1 heterocycles. The molecule has 0 aliphatic carbocycles. The summed E-state index contributed by atoms with van der Waals surface area (Å²) in [5.41, 5.74) is 2.27. The number of halogens is 2. The third kappa shape index (κ3) is 2.83. The first-order valence-corrected chi connectivity index (χ1v) is 6.43. The van der Waals surface area contributed by atoms with Gasteiger partial charge in [0.1, 0.15) is 0 Å². The van der Waals surface area contributed by atoms with Gasteiger partial charge in [-0.15, -0.1) is 0 Å². The van der Waals surface area contributed by atoms with Crippen LogP contribution in [0.4, 0.5) is 5.69 Å². The molecule has 0 spiro atoms. The zero-order valence-electron chi connectivity index (χ0n) is 8.45. The van der Waals surface area contributed by atoms with Crippen LogP contribution >= 0.6 is 31.9 Å². The first-order valence-electron chi connectivity index (χ1n) is 4.84. The molecule has 82 valence electrons. The second-order valence-corrected chi connectivity index (χ2v) is 5.01. The van der Waals surface area contributed by atoms with Crippen LogP contribution in [-0.4, -0.2) is 4.98 Å². The monoisotopic (exact) mass is 340 g/mol. The molecule has 16 heavy (non-hydrogen) atoms. The van der Waals surface area contributed by atoms with Gasteiger partial charge in [-0.3, -0.25) is 4.98 Å². The highest BCUT2D eigenvalue weighted by Gasteiger charge is 2.03. The average molecular weight is 342 g/mol. The number of pyridine rings is 1. The molecule has 1 aromatic carbocycles. The third-order valence-electron chi connectivity index (χ3n) is 2.18. The molecule has 1 N–H and O–H groups in total. The zero-order valence-corrected chi connectivity index (χ0v) is 11.6. The number of rotatable bonds is 3. The van der Waals surface area contributed by atoms with Crippen molar-refractivity contribution in [2.45, 2.75) is 6.54 Å². The molecule has 0 bridgehead atoms. The topological polar surface area (TPSA) is 24.9 Å². The van der Waals surface area contributed by atoms with Crippen molar-refractivity contribution in [3.05, 3.63) is 57.2 Å². The quantitative estimate of drug-likeness (QED) is 0.904. The number of anilines is 1. The van der Waals surface area contributed by atoms with E-state index in [0.717, 1.165) is 21.2 Å². The Hall–Kier alpha value is -0.870. The van der Waals surface area contributed by atoms with Gasteiger partial charge in [-0.2, -0.15) is 0 Å². The Morgan fingerprint density at radius 1 is 1.00 bits per heavy atom. The van der Waals surface area contributed by atoms with Gasteiger partial charge in [0.15, 0.2) is 0 Å². The van der Waals surface area contributed by atoms with Gasteiger partial charge in [-0.05, 0) is 61.7 Å². The lowest BCUT2D eigenvalue weighted by molar-refractivity contribution is 1.12. The molecule has 0 aliphatic rings. The largest absolute Gasteiger partial charge is 0.379 e. The molecule has 1 aromatic heterocycles. The second kappa shape index (κ2) is 5.46. The average Bonchev–Trinajstić information content (AvgIpc) is 2.30. The van der Waals surface area contributed by atoms with E-state index in [9.17, 15) is 0 Å². The molecule has 0 fully saturated rings. The van der Waals surface area contributed by atoms with Crippen LogP contribution in [0.2, 0.25) is 0 Å². The van der Waals surface area contributed by atoms with E-state index in [2.05, 4.69) is 42.2 Å². The summed E-state index contributed by atoms with van der Waals surface area (Å²) in [4.78, 5) is 3.99. The van der Waals surface area contributed by atoms with Crippen LogP contribution in [0, 0.1) is 0 Å². The van der Waals surface area contributed by atoms with Gasteiger partial charge in [0.2, 0.25) is 0 Å². The highest BCUT2D eigenvalue weighted by Crippen LogP contribution is 2.30. The number of hydrogen-bond donors (Lipinski definition) is 1. The maximum absolute atomic E-state index is 3.99. The van der Waals surface area contributed by atoms with Crippen LogP contribution in [0.15, 0.2) is 51.7 Å². The van der Waals surface area contributed by atoms with Gasteiger partial charge < -0.3 is 5.32 Å². The molecule has 2 rings (SSSR count). The van der Waals surface area contributed by atoms with E-state index >= 15 is 0 Å². The van der Waals surface area contributed by atoms with Crippen molar-refractivity contribution in [2.24, 2.45) is 0 Å². The van der Waals surface area contributed by atoms with Crippen molar-refractivity contribution in [2.75, 3.05) is 5.32 Å². The number of para-hydroxylation sites is 1. The first kappa shape index (κ1) is 11.6. The van der Waals surface area contributed by atoms with Gasteiger partial charge in [0.25, 0.3) is 0 Å². The fourth-order valence-corrected chi connectivity index (χ4v) is 2.64. The molecule has 2 aromatic rings. The SMILES string of the molecule is Brc1cccc(Br)c1NCc1ccncc1. The molecule has 0 amide bonds. The highest BCUT2D eigenvalue weighted by atomic mass is 79.9. The summed E-state index contributed by atoms with van der Waals surface area (Å²) in [6.45, 7) is 0.781. The Labute approximate surface area is 111 Å². The van der Waals surface area contributed by atoms with Gasteiger partial charge in [0.05, 0.1) is 5.69 Å². The summed E-state index contributed by atoms with van der Waals surface area (Å²) in [5.74, 6) is 0. The Balaban J connectivity index is 2.11. The van der Waals surface area contributed by atoms with Crippen LogP contribution in [0.3, 0.4) is 0 Å². The van der Waals surface area contributed by atoms with E-state index in [4.69, 9.17) is 0 Å². The van der Waals surface area contributed by atoms with Crippen LogP contribution < -0.4 is 5.32 Å². The Morgan fingerprint density at radius 3 is 2.25 bits per heavy atom. The Kier molecular flexibility index (Phi) is 3.96. The van der Waals surface area contributed by atoms with Crippen molar-refractivity contribution < 1.29 is 0 Å². The summed E-state index contributed by atoms with van der Waals surface area (Å²) in [5, 5.41) is 3.38. The molecule has 0 atom stereocenters. The number of hydrogen-bond acceptors (Lipinski definition) is 2. The number of aromatic nitrogens is 1. The molecule has 0 radical (unpaired) electrons. The fourth-order valence-electron chi connectivity index (χ4n) is 1.36. The molecular formula is C12H10Br2N2. The minimum Gasteiger partial charge on any atom is -0.379 e. The fraction of sp³-hybridized carbons (Fsp3) is 0.0833. The summed E-state index contributed by atoms with van der Waals surface area (Å²) < 4.78 is 2.10. The van der Waals surface area contributed by atoms with Crippen LogP contribution in [0.5, 0.6) is 0 Å². The molecule has 2 nitrogen and oxygen atoms in total. The van der Waals surface area contributed by atoms with E-state index in [0.29, 0.717) is 0 Å². The smallest absolute Gasteiger partial charge is 0.0631 e. The van der Waals surface area contributed by atoms with Crippen molar-refractivity contribution >= 4 is 37.5 Å². The van der Waals surface area contributed by atoms with Gasteiger partial charge >= 0.3 is 0 Å². The molecule has 0 aliphatic heterocycles. The molecule has 4 heteroatoms. The van der Waals surface area contributed by atoms with Gasteiger partial charge in [0, 0.05) is 27.9 Å². The first-order chi connectivity index (χ1) is 7.77. The van der Waals surface area contributed by atoms with Crippen LogP contribution in [0.1, 0.15) is 5.56 Å². The van der Waals surface area contributed by atoms with Crippen LogP contribution in [0.25, 0.3) is 0 Å². The van der Waals surface area contributed by atoms with Crippen molar-refractivity contribution in [1.82, 2.24) is 4.98 Å². The predicted octanol–water partition coefficient (Wildman–Crippen LogP) is 4.22. The number of nitrogens with zero attached hydrogens (tertiary/aromatic N) is 1. The molecular weight excluding hydrogens is 332 g/mol. The van der Waals surface area contributed by atoms with E-state index in [-0.39, 0.29) is 0 Å². The van der Waals surface area contributed by atoms with Gasteiger partial charge in [-0.1, -0.05) is 6.07 Å². The molecule has 0 saturated carbocycles. The standard InChI is InChI=1S/C12H10Br2N2/c13-10-2-1-3-11(14)12(10)16-8-9-4-6-15-7-5-9/h1-7,16H,8H2. The van der Waals surface area contributed by atoms with Crippen molar-refractivity contribution in [3.8, 4) is 0 Å². The Morgan fingerprint density at radius 2 is 1.62 bits per heavy atom. The number of nitrogens with one attached hydrogen (secondary N) is 1. The van der Waals surface area contributed by atoms with Gasteiger partial charge in [-0.25, -0.2) is 0 Å². The molecule has 0 unspecified atom stereocenters. The normalized spacial score (nSPS) is 10.1. The lowest BCUT2D eigenvalue weighted by Crippen LogP contribution is -2.00. The zero-order chi connectivity index (χ0) is 11.4. The lowest BCUT2D eigenvalue weighted by atomic mass is 10.2.